The second-order valence-electron chi connectivity index (χ2n) is 6.38. The van der Waals surface area contributed by atoms with Crippen molar-refractivity contribution in [3.05, 3.63) is 28.8 Å². The Kier molecular flexibility index (Phi) is 5.13. The van der Waals surface area contributed by atoms with Gasteiger partial charge in [0.15, 0.2) is 0 Å². The lowest BCUT2D eigenvalue weighted by atomic mass is 9.93. The van der Waals surface area contributed by atoms with Gasteiger partial charge in [0.05, 0.1) is 10.6 Å². The predicted molar refractivity (Wildman–Crippen MR) is 93.1 cm³/mol. The van der Waals surface area contributed by atoms with E-state index in [9.17, 15) is 14.4 Å². The summed E-state index contributed by atoms with van der Waals surface area (Å²) < 4.78 is 0. The van der Waals surface area contributed by atoms with E-state index in [1.54, 1.807) is 28.0 Å². The van der Waals surface area contributed by atoms with E-state index in [1.807, 2.05) is 0 Å². The van der Waals surface area contributed by atoms with Crippen LogP contribution in [0.4, 0.5) is 10.5 Å². The first-order valence-corrected chi connectivity index (χ1v) is 8.69. The molecule has 7 nitrogen and oxygen atoms in total. The standard InChI is InChI=1S/C17H20ClN3O4/c18-14-2-1-12(21-8-5-19-17(21)25)10-13(14)16(24)20-6-3-11(4-7-20)9-15(22)23/h1-2,10-11H,3-9H2,(H,19,25)(H,22,23). The molecule has 1 aromatic rings. The number of anilines is 1. The molecule has 2 N–H and O–H groups in total. The maximum absolute atomic E-state index is 12.8. The number of benzene rings is 1. The van der Waals surface area contributed by atoms with Crippen LogP contribution in [0.1, 0.15) is 29.6 Å². The smallest absolute Gasteiger partial charge is 0.321 e. The number of urea groups is 1. The first-order valence-electron chi connectivity index (χ1n) is 8.31. The van der Waals surface area contributed by atoms with E-state index in [1.165, 1.54) is 0 Å². The summed E-state index contributed by atoms with van der Waals surface area (Å²) in [6.45, 7) is 2.15. The number of piperidine rings is 1. The molecular weight excluding hydrogens is 346 g/mol. The van der Waals surface area contributed by atoms with Crippen molar-refractivity contribution in [3.8, 4) is 0 Å². The molecule has 0 atom stereocenters. The van der Waals surface area contributed by atoms with Crippen LogP contribution in [-0.2, 0) is 4.79 Å². The molecule has 1 aromatic carbocycles. The highest BCUT2D eigenvalue weighted by atomic mass is 35.5. The first-order chi connectivity index (χ1) is 12.0. The number of aliphatic carboxylic acids is 1. The van der Waals surface area contributed by atoms with Crippen LogP contribution in [0, 0.1) is 5.92 Å². The van der Waals surface area contributed by atoms with Crippen molar-refractivity contribution in [2.75, 3.05) is 31.1 Å². The van der Waals surface area contributed by atoms with Gasteiger partial charge in [-0.05, 0) is 37.0 Å². The van der Waals surface area contributed by atoms with Gasteiger partial charge in [0.25, 0.3) is 5.91 Å². The molecule has 0 radical (unpaired) electrons. The molecule has 0 unspecified atom stereocenters. The van der Waals surface area contributed by atoms with Gasteiger partial charge in [-0.15, -0.1) is 0 Å². The minimum absolute atomic E-state index is 0.108. The van der Waals surface area contributed by atoms with Crippen LogP contribution in [-0.4, -0.2) is 54.1 Å². The lowest BCUT2D eigenvalue weighted by Gasteiger charge is -2.31. The highest BCUT2D eigenvalue weighted by molar-refractivity contribution is 6.34. The minimum Gasteiger partial charge on any atom is -0.481 e. The fraction of sp³-hybridized carbons (Fsp3) is 0.471. The molecule has 0 aliphatic carbocycles. The average molecular weight is 366 g/mol. The van der Waals surface area contributed by atoms with Crippen LogP contribution in [0.25, 0.3) is 0 Å². The summed E-state index contributed by atoms with van der Waals surface area (Å²) in [6.07, 6.45) is 1.48. The van der Waals surface area contributed by atoms with Crippen LogP contribution in [0.2, 0.25) is 5.02 Å². The number of nitrogens with one attached hydrogen (secondary N) is 1. The molecule has 2 fully saturated rings. The van der Waals surface area contributed by atoms with Gasteiger partial charge >= 0.3 is 12.0 Å². The second kappa shape index (κ2) is 7.31. The Morgan fingerprint density at radius 2 is 1.96 bits per heavy atom. The number of hydrogen-bond acceptors (Lipinski definition) is 3. The van der Waals surface area contributed by atoms with Crippen LogP contribution in [0.3, 0.4) is 0 Å². The fourth-order valence-electron chi connectivity index (χ4n) is 3.32. The second-order valence-corrected chi connectivity index (χ2v) is 6.79. The number of carbonyl (C=O) groups excluding carboxylic acids is 2. The number of amides is 3. The number of nitrogens with zero attached hydrogens (tertiary/aromatic N) is 2. The third kappa shape index (κ3) is 3.87. The highest BCUT2D eigenvalue weighted by Crippen LogP contribution is 2.28. The summed E-state index contributed by atoms with van der Waals surface area (Å²) in [5.41, 5.74) is 1.01. The first kappa shape index (κ1) is 17.5. The summed E-state index contributed by atoms with van der Waals surface area (Å²) in [4.78, 5) is 38.7. The Labute approximate surface area is 150 Å². The van der Waals surface area contributed by atoms with Crippen molar-refractivity contribution in [3.63, 3.8) is 0 Å². The molecular formula is C17H20ClN3O4. The van der Waals surface area contributed by atoms with E-state index in [2.05, 4.69) is 5.32 Å². The molecule has 0 aromatic heterocycles. The number of carboxylic acids is 1. The molecule has 3 rings (SSSR count). The average Bonchev–Trinajstić information content (AvgIpc) is 3.01. The van der Waals surface area contributed by atoms with E-state index in [0.717, 1.165) is 0 Å². The van der Waals surface area contributed by atoms with Crippen LogP contribution in [0.15, 0.2) is 18.2 Å². The maximum Gasteiger partial charge on any atom is 0.321 e. The number of hydrogen-bond donors (Lipinski definition) is 2. The zero-order chi connectivity index (χ0) is 18.0. The number of rotatable bonds is 4. The lowest BCUT2D eigenvalue weighted by molar-refractivity contribution is -0.138. The normalized spacial score (nSPS) is 18.4. The molecule has 2 heterocycles. The SMILES string of the molecule is O=C(O)CC1CCN(C(=O)c2cc(N3CCNC3=O)ccc2Cl)CC1. The van der Waals surface area contributed by atoms with Crippen LogP contribution in [0.5, 0.6) is 0 Å². The van der Waals surface area contributed by atoms with Gasteiger partial charge in [-0.2, -0.15) is 0 Å². The van der Waals surface area contributed by atoms with Gasteiger partial charge in [-0.3, -0.25) is 14.5 Å². The van der Waals surface area contributed by atoms with Gasteiger partial charge in [0.2, 0.25) is 0 Å². The molecule has 0 saturated carbocycles. The van der Waals surface area contributed by atoms with E-state index in [4.69, 9.17) is 16.7 Å². The number of carbonyl (C=O) groups is 3. The lowest BCUT2D eigenvalue weighted by Crippen LogP contribution is -2.39. The molecule has 3 amide bonds. The largest absolute Gasteiger partial charge is 0.481 e. The third-order valence-electron chi connectivity index (χ3n) is 4.71. The minimum atomic E-state index is -0.801. The number of likely N-dealkylation sites (tertiary alicyclic amines) is 1. The van der Waals surface area contributed by atoms with Crippen molar-refractivity contribution in [1.82, 2.24) is 10.2 Å². The van der Waals surface area contributed by atoms with E-state index in [0.29, 0.717) is 55.3 Å². The molecule has 0 bridgehead atoms. The van der Waals surface area contributed by atoms with Crippen LogP contribution < -0.4 is 10.2 Å². The van der Waals surface area contributed by atoms with Gasteiger partial charge < -0.3 is 15.3 Å². The summed E-state index contributed by atoms with van der Waals surface area (Å²) in [5, 5.41) is 11.9. The maximum atomic E-state index is 12.8. The summed E-state index contributed by atoms with van der Waals surface area (Å²) in [6, 6.07) is 4.82. The summed E-state index contributed by atoms with van der Waals surface area (Å²) in [7, 11) is 0. The van der Waals surface area contributed by atoms with Crippen LogP contribution >= 0.6 is 11.6 Å². The molecule has 2 aliphatic heterocycles. The Morgan fingerprint density at radius 3 is 2.56 bits per heavy atom. The monoisotopic (exact) mass is 365 g/mol. The number of halogens is 1. The van der Waals surface area contributed by atoms with Crippen molar-refractivity contribution in [2.45, 2.75) is 19.3 Å². The molecule has 8 heteroatoms. The van der Waals surface area contributed by atoms with Gasteiger partial charge in [-0.25, -0.2) is 4.79 Å². The highest BCUT2D eigenvalue weighted by Gasteiger charge is 2.27. The molecule has 134 valence electrons. The third-order valence-corrected chi connectivity index (χ3v) is 5.04. The zero-order valence-corrected chi connectivity index (χ0v) is 14.5. The molecule has 25 heavy (non-hydrogen) atoms. The van der Waals surface area contributed by atoms with Gasteiger partial charge in [0, 0.05) is 38.3 Å². The number of carboxylic acid groups (broad SMARTS) is 1. The zero-order valence-electron chi connectivity index (χ0n) is 13.7. The van der Waals surface area contributed by atoms with Crippen molar-refractivity contribution in [2.24, 2.45) is 5.92 Å². The van der Waals surface area contributed by atoms with Crippen molar-refractivity contribution >= 4 is 35.2 Å². The van der Waals surface area contributed by atoms with E-state index < -0.39 is 5.97 Å². The Morgan fingerprint density at radius 1 is 1.24 bits per heavy atom. The Hall–Kier alpha value is -2.28. The fourth-order valence-corrected chi connectivity index (χ4v) is 3.52. The summed E-state index contributed by atoms with van der Waals surface area (Å²) in [5.74, 6) is -0.874. The quantitative estimate of drug-likeness (QED) is 0.855. The van der Waals surface area contributed by atoms with Crippen molar-refractivity contribution < 1.29 is 19.5 Å². The Bertz CT molecular complexity index is 701. The van der Waals surface area contributed by atoms with E-state index >= 15 is 0 Å². The predicted octanol–water partition coefficient (Wildman–Crippen LogP) is 2.20. The molecule has 2 aliphatic rings. The van der Waals surface area contributed by atoms with Crippen molar-refractivity contribution in [1.29, 1.82) is 0 Å². The molecule has 0 spiro atoms. The van der Waals surface area contributed by atoms with Gasteiger partial charge in [-0.1, -0.05) is 11.6 Å². The molecule has 2 saturated heterocycles. The Balaban J connectivity index is 1.72. The van der Waals surface area contributed by atoms with E-state index in [-0.39, 0.29) is 24.3 Å². The topological polar surface area (TPSA) is 89.9 Å². The van der Waals surface area contributed by atoms with Gasteiger partial charge in [0.1, 0.15) is 0 Å². The summed E-state index contributed by atoms with van der Waals surface area (Å²) >= 11 is 6.21.